The van der Waals surface area contributed by atoms with Crippen LogP contribution in [0.4, 0.5) is 11.5 Å². The minimum absolute atomic E-state index is 0.558. The van der Waals surface area contributed by atoms with Crippen LogP contribution in [0.3, 0.4) is 0 Å². The summed E-state index contributed by atoms with van der Waals surface area (Å²) in [6, 6.07) is 15.0. The zero-order chi connectivity index (χ0) is 19.0. The molecule has 0 fully saturated rings. The van der Waals surface area contributed by atoms with E-state index in [1.165, 1.54) is 0 Å². The second-order valence-electron chi connectivity index (χ2n) is 6.06. The number of benzene rings is 2. The second kappa shape index (κ2) is 7.10. The van der Waals surface area contributed by atoms with Crippen LogP contribution in [0.1, 0.15) is 5.69 Å². The van der Waals surface area contributed by atoms with Gasteiger partial charge in [-0.1, -0.05) is 41.4 Å². The largest absolute Gasteiger partial charge is 0.496 e. The molecule has 4 aromatic rings. The molecule has 0 saturated carbocycles. The quantitative estimate of drug-likeness (QED) is 0.474. The van der Waals surface area contributed by atoms with E-state index in [0.29, 0.717) is 10.0 Å². The van der Waals surface area contributed by atoms with Gasteiger partial charge in [0, 0.05) is 33.1 Å². The average Bonchev–Trinajstić information content (AvgIpc) is 3.04. The van der Waals surface area contributed by atoms with Crippen LogP contribution in [0, 0.1) is 6.92 Å². The Labute approximate surface area is 166 Å². The molecule has 1 N–H and O–H groups in total. The molecule has 0 saturated heterocycles. The molecular weight excluding hydrogens is 383 g/mol. The predicted octanol–water partition coefficient (Wildman–Crippen LogP) is 5.76. The second-order valence-corrected chi connectivity index (χ2v) is 6.93. The first-order chi connectivity index (χ1) is 13.0. The summed E-state index contributed by atoms with van der Waals surface area (Å²) in [5, 5.41) is 8.96. The molecule has 5 nitrogen and oxygen atoms in total. The van der Waals surface area contributed by atoms with E-state index in [1.807, 2.05) is 37.3 Å². The van der Waals surface area contributed by atoms with Gasteiger partial charge in [0.25, 0.3) is 0 Å². The highest BCUT2D eigenvalue weighted by Gasteiger charge is 2.15. The van der Waals surface area contributed by atoms with Crippen molar-refractivity contribution in [3.8, 4) is 16.9 Å². The van der Waals surface area contributed by atoms with Crippen LogP contribution < -0.4 is 10.1 Å². The van der Waals surface area contributed by atoms with Gasteiger partial charge in [0.15, 0.2) is 5.65 Å². The van der Waals surface area contributed by atoms with E-state index in [0.717, 1.165) is 39.7 Å². The van der Waals surface area contributed by atoms with E-state index in [9.17, 15) is 0 Å². The summed E-state index contributed by atoms with van der Waals surface area (Å²) < 4.78 is 7.24. The van der Waals surface area contributed by atoms with Crippen molar-refractivity contribution in [2.24, 2.45) is 0 Å². The number of halogens is 2. The van der Waals surface area contributed by atoms with Crippen LogP contribution >= 0.6 is 23.2 Å². The first kappa shape index (κ1) is 17.6. The van der Waals surface area contributed by atoms with Gasteiger partial charge < -0.3 is 10.1 Å². The molecule has 0 aliphatic rings. The van der Waals surface area contributed by atoms with E-state index in [1.54, 1.807) is 36.0 Å². The molecule has 136 valence electrons. The van der Waals surface area contributed by atoms with Gasteiger partial charge in [-0.2, -0.15) is 9.61 Å². The zero-order valence-electron chi connectivity index (χ0n) is 14.7. The number of para-hydroxylation sites is 1. The van der Waals surface area contributed by atoms with E-state index >= 15 is 0 Å². The van der Waals surface area contributed by atoms with Gasteiger partial charge in [-0.15, -0.1) is 0 Å². The van der Waals surface area contributed by atoms with Gasteiger partial charge >= 0.3 is 0 Å². The molecule has 0 amide bonds. The highest BCUT2D eigenvalue weighted by Crippen LogP contribution is 2.33. The van der Waals surface area contributed by atoms with Crippen molar-refractivity contribution in [1.29, 1.82) is 0 Å². The number of hydrogen-bond acceptors (Lipinski definition) is 4. The fourth-order valence-corrected chi connectivity index (χ4v) is 3.53. The number of rotatable bonds is 4. The fourth-order valence-electron chi connectivity index (χ4n) is 3.00. The minimum Gasteiger partial charge on any atom is -0.496 e. The SMILES string of the molecule is COc1ccccc1-c1cnn2c(Nc3cc(Cl)cc(Cl)c3)cc(C)nc12. The molecule has 2 aromatic heterocycles. The standard InChI is InChI=1S/C20H16Cl2N4O/c1-12-7-19(25-15-9-13(21)8-14(22)10-15)26-20(24-12)17(11-23-26)16-5-3-4-6-18(16)27-2/h3-11,25H,1-2H3. The van der Waals surface area contributed by atoms with Gasteiger partial charge in [0.1, 0.15) is 11.6 Å². The Bertz CT molecular complexity index is 1120. The number of hydrogen-bond donors (Lipinski definition) is 1. The third-order valence-electron chi connectivity index (χ3n) is 4.13. The molecule has 7 heteroatoms. The van der Waals surface area contributed by atoms with E-state index in [2.05, 4.69) is 15.4 Å². The van der Waals surface area contributed by atoms with Gasteiger partial charge in [0.2, 0.25) is 0 Å². The average molecular weight is 399 g/mol. The maximum Gasteiger partial charge on any atom is 0.165 e. The van der Waals surface area contributed by atoms with Crippen LogP contribution in [-0.2, 0) is 0 Å². The number of ether oxygens (including phenoxy) is 1. The van der Waals surface area contributed by atoms with E-state index in [4.69, 9.17) is 27.9 Å². The van der Waals surface area contributed by atoms with Crippen molar-refractivity contribution >= 4 is 40.4 Å². The predicted molar refractivity (Wildman–Crippen MR) is 109 cm³/mol. The van der Waals surface area contributed by atoms with Crippen molar-refractivity contribution in [3.05, 3.63) is 70.5 Å². The normalized spacial score (nSPS) is 11.0. The lowest BCUT2D eigenvalue weighted by atomic mass is 10.1. The molecule has 0 unspecified atom stereocenters. The number of aryl methyl sites for hydroxylation is 1. The molecule has 4 rings (SSSR count). The summed E-state index contributed by atoms with van der Waals surface area (Å²) >= 11 is 12.2. The molecule has 27 heavy (non-hydrogen) atoms. The van der Waals surface area contributed by atoms with Gasteiger partial charge in [0.05, 0.1) is 18.9 Å². The maximum atomic E-state index is 6.11. The number of anilines is 2. The van der Waals surface area contributed by atoms with Crippen molar-refractivity contribution in [2.45, 2.75) is 6.92 Å². The third-order valence-corrected chi connectivity index (χ3v) is 4.57. The summed E-state index contributed by atoms with van der Waals surface area (Å²) in [7, 11) is 1.65. The first-order valence-corrected chi connectivity index (χ1v) is 9.02. The third kappa shape index (κ3) is 3.44. The molecule has 2 aromatic carbocycles. The molecule has 0 aliphatic carbocycles. The lowest BCUT2D eigenvalue weighted by Crippen LogP contribution is -2.02. The summed E-state index contributed by atoms with van der Waals surface area (Å²) in [5.74, 6) is 1.53. The number of nitrogens with one attached hydrogen (secondary N) is 1. The Balaban J connectivity index is 1.85. The van der Waals surface area contributed by atoms with Gasteiger partial charge in [-0.05, 0) is 31.2 Å². The molecule has 0 aliphatic heterocycles. The Kier molecular flexibility index (Phi) is 4.64. The monoisotopic (exact) mass is 398 g/mol. The Morgan fingerprint density at radius 2 is 1.74 bits per heavy atom. The molecule has 0 atom stereocenters. The van der Waals surface area contributed by atoms with Crippen LogP contribution in [0.5, 0.6) is 5.75 Å². The van der Waals surface area contributed by atoms with Crippen LogP contribution in [0.25, 0.3) is 16.8 Å². The van der Waals surface area contributed by atoms with Crippen molar-refractivity contribution in [1.82, 2.24) is 14.6 Å². The van der Waals surface area contributed by atoms with E-state index < -0.39 is 0 Å². The molecular formula is C20H16Cl2N4O. The highest BCUT2D eigenvalue weighted by molar-refractivity contribution is 6.35. The number of aromatic nitrogens is 3. The summed E-state index contributed by atoms with van der Waals surface area (Å²) in [6.45, 7) is 1.94. The fraction of sp³-hybridized carbons (Fsp3) is 0.100. The topological polar surface area (TPSA) is 51.5 Å². The highest BCUT2D eigenvalue weighted by atomic mass is 35.5. The van der Waals surface area contributed by atoms with E-state index in [-0.39, 0.29) is 0 Å². The molecule has 0 bridgehead atoms. The number of methoxy groups -OCH3 is 1. The van der Waals surface area contributed by atoms with Crippen molar-refractivity contribution in [3.63, 3.8) is 0 Å². The van der Waals surface area contributed by atoms with Crippen molar-refractivity contribution < 1.29 is 4.74 Å². The lowest BCUT2D eigenvalue weighted by Gasteiger charge is -2.11. The summed E-state index contributed by atoms with van der Waals surface area (Å²) in [6.07, 6.45) is 1.79. The summed E-state index contributed by atoms with van der Waals surface area (Å²) in [4.78, 5) is 4.68. The zero-order valence-corrected chi connectivity index (χ0v) is 16.2. The van der Waals surface area contributed by atoms with Gasteiger partial charge in [-0.25, -0.2) is 4.98 Å². The maximum absolute atomic E-state index is 6.11. The number of nitrogens with zero attached hydrogens (tertiary/aromatic N) is 3. The first-order valence-electron chi connectivity index (χ1n) is 8.27. The smallest absolute Gasteiger partial charge is 0.165 e. The number of fused-ring (bicyclic) bond motifs is 1. The summed E-state index contributed by atoms with van der Waals surface area (Å²) in [5.41, 5.74) is 4.19. The van der Waals surface area contributed by atoms with Crippen LogP contribution in [0.2, 0.25) is 10.0 Å². The molecule has 0 radical (unpaired) electrons. The van der Waals surface area contributed by atoms with Crippen molar-refractivity contribution in [2.75, 3.05) is 12.4 Å². The Hall–Kier alpha value is -2.76. The van der Waals surface area contributed by atoms with Crippen LogP contribution in [-0.4, -0.2) is 21.7 Å². The molecule has 2 heterocycles. The minimum atomic E-state index is 0.558. The van der Waals surface area contributed by atoms with Crippen LogP contribution in [0.15, 0.2) is 54.7 Å². The van der Waals surface area contributed by atoms with Gasteiger partial charge in [-0.3, -0.25) is 0 Å². The Morgan fingerprint density at radius 3 is 2.48 bits per heavy atom. The molecule has 0 spiro atoms. The lowest BCUT2D eigenvalue weighted by molar-refractivity contribution is 0.416. The Morgan fingerprint density at radius 1 is 1.00 bits per heavy atom.